The summed E-state index contributed by atoms with van der Waals surface area (Å²) >= 11 is 0. The minimum atomic E-state index is 0.958. The Morgan fingerprint density at radius 2 is 0.894 bits per heavy atom. The number of aromatic nitrogens is 4. The SMILES string of the molecule is C1=NCCN1.C1=NNCC1.C1CNCN1.CC.CC.CC.CC.CC.CC.CC.CC.CC.CC.c1ccnnc1.c1cncnc1. The zero-order valence-corrected chi connectivity index (χ0v) is 35.4. The van der Waals surface area contributed by atoms with Crippen molar-refractivity contribution in [2.75, 3.05) is 39.4 Å². The smallest absolute Gasteiger partial charge is 0.115 e. The third kappa shape index (κ3) is 125. The predicted molar refractivity (Wildman–Crippen MR) is 221 cm³/mol. The molecule has 10 nitrogen and oxygen atoms in total. The zero-order chi connectivity index (χ0) is 39.1. The molecule has 0 atom stereocenters. The van der Waals surface area contributed by atoms with E-state index in [-0.39, 0.29) is 0 Å². The summed E-state index contributed by atoms with van der Waals surface area (Å²) in [6.45, 7) is 46.3. The lowest BCUT2D eigenvalue weighted by Crippen LogP contribution is -2.11. The fraction of sp³-hybridized carbons (Fsp3) is 0.730. The molecule has 1 fully saturated rings. The second kappa shape index (κ2) is 132. The van der Waals surface area contributed by atoms with Crippen molar-refractivity contribution in [1.82, 2.24) is 41.5 Å². The lowest BCUT2D eigenvalue weighted by Gasteiger charge is -1.77. The van der Waals surface area contributed by atoms with Crippen LogP contribution in [0.1, 0.15) is 145 Å². The fourth-order valence-electron chi connectivity index (χ4n) is 1.59. The lowest BCUT2D eigenvalue weighted by molar-refractivity contribution is 0.807. The second-order valence-corrected chi connectivity index (χ2v) is 4.99. The maximum absolute atomic E-state index is 3.85. The Hall–Kier alpha value is -2.98. The third-order valence-corrected chi connectivity index (χ3v) is 2.83. The summed E-state index contributed by atoms with van der Waals surface area (Å²) in [7, 11) is 0. The van der Waals surface area contributed by atoms with Crippen molar-refractivity contribution in [1.29, 1.82) is 0 Å². The molecule has 0 unspecified atom stereocenters. The van der Waals surface area contributed by atoms with Crippen molar-refractivity contribution in [2.45, 2.75) is 145 Å². The summed E-state index contributed by atoms with van der Waals surface area (Å²) in [4.78, 5) is 11.2. The van der Waals surface area contributed by atoms with E-state index in [9.17, 15) is 0 Å². The quantitative estimate of drug-likeness (QED) is 0.218. The molecule has 0 spiro atoms. The van der Waals surface area contributed by atoms with Crippen molar-refractivity contribution < 1.29 is 0 Å². The number of nitrogens with one attached hydrogen (secondary N) is 4. The Kier molecular flexibility index (Phi) is 197. The molecule has 0 aromatic carbocycles. The minimum Gasteiger partial charge on any atom is -0.375 e. The van der Waals surface area contributed by atoms with E-state index in [1.54, 1.807) is 37.2 Å². The summed E-state index contributed by atoms with van der Waals surface area (Å²) in [5.41, 5.74) is 2.79. The molecule has 1 saturated heterocycles. The summed E-state index contributed by atoms with van der Waals surface area (Å²) in [5, 5.41) is 19.9. The number of rotatable bonds is 0. The molecule has 4 N–H and O–H groups in total. The van der Waals surface area contributed by atoms with Gasteiger partial charge >= 0.3 is 0 Å². The summed E-state index contributed by atoms with van der Waals surface area (Å²) in [6.07, 6.45) is 12.9. The molecule has 0 aliphatic carbocycles. The van der Waals surface area contributed by atoms with E-state index in [1.807, 2.05) is 157 Å². The minimum absolute atomic E-state index is 0.958. The van der Waals surface area contributed by atoms with Crippen LogP contribution in [0, 0.1) is 0 Å². The monoisotopic (exact) mass is 673 g/mol. The van der Waals surface area contributed by atoms with Gasteiger partial charge in [-0.3, -0.25) is 4.99 Å². The summed E-state index contributed by atoms with van der Waals surface area (Å²) in [6, 6.07) is 5.43. The van der Waals surface area contributed by atoms with Crippen LogP contribution in [0.15, 0.2) is 59.4 Å². The van der Waals surface area contributed by atoms with Crippen LogP contribution in [-0.2, 0) is 0 Å². The van der Waals surface area contributed by atoms with E-state index >= 15 is 0 Å². The van der Waals surface area contributed by atoms with Crippen molar-refractivity contribution in [2.24, 2.45) is 10.1 Å². The van der Waals surface area contributed by atoms with Crippen molar-refractivity contribution in [3.8, 4) is 0 Å². The van der Waals surface area contributed by atoms with Gasteiger partial charge in [0.05, 0.1) is 12.9 Å². The van der Waals surface area contributed by atoms with Crippen LogP contribution in [-0.4, -0.2) is 72.1 Å². The molecule has 2 aromatic heterocycles. The molecule has 2 aromatic rings. The maximum atomic E-state index is 3.85. The van der Waals surface area contributed by atoms with Gasteiger partial charge in [-0.15, -0.1) is 0 Å². The topological polar surface area (TPSA) is 124 Å². The number of hydrogen-bond donors (Lipinski definition) is 4. The number of aliphatic imine (C=N–C) groups is 1. The van der Waals surface area contributed by atoms with E-state index < -0.39 is 0 Å². The highest BCUT2D eigenvalue weighted by molar-refractivity contribution is 5.58. The van der Waals surface area contributed by atoms with Gasteiger partial charge in [-0.2, -0.15) is 15.3 Å². The molecular formula is C37H88N10. The fourth-order valence-corrected chi connectivity index (χ4v) is 1.59. The molecule has 10 heteroatoms. The Balaban J connectivity index is -0.0000000403. The predicted octanol–water partition coefficient (Wildman–Crippen LogP) is 9.94. The third-order valence-electron chi connectivity index (χ3n) is 2.83. The van der Waals surface area contributed by atoms with Gasteiger partial charge in [-0.05, 0) is 18.2 Å². The van der Waals surface area contributed by atoms with Gasteiger partial charge in [0.2, 0.25) is 0 Å². The standard InChI is InChI=1S/2C4H4N2.C3H8N2.2C3H6N2.10C2H6/c1-2-5-4-6-3-1;1-2-4-6-5-3-1;2*1-2-5-3-4-1;1-2-4-5-3-1;10*1-2/h2*1-4H;4-5H,1-3H2;3H,1-2H2,(H,4,5);2,5H,1,3H2;10*1-2H3. The Morgan fingerprint density at radius 1 is 0.468 bits per heavy atom. The first-order valence-electron chi connectivity index (χ1n) is 18.8. The van der Waals surface area contributed by atoms with Gasteiger partial charge < -0.3 is 21.4 Å². The molecule has 47 heavy (non-hydrogen) atoms. The highest BCUT2D eigenvalue weighted by Gasteiger charge is 1.90. The molecule has 5 heterocycles. The lowest BCUT2D eigenvalue weighted by atomic mass is 10.5. The van der Waals surface area contributed by atoms with Crippen LogP contribution < -0.4 is 21.4 Å². The van der Waals surface area contributed by atoms with E-state index in [4.69, 9.17) is 0 Å². The first-order valence-corrected chi connectivity index (χ1v) is 18.8. The van der Waals surface area contributed by atoms with Gasteiger partial charge in [0.15, 0.2) is 0 Å². The molecule has 0 radical (unpaired) electrons. The highest BCUT2D eigenvalue weighted by atomic mass is 15.3. The summed E-state index contributed by atoms with van der Waals surface area (Å²) < 4.78 is 0. The van der Waals surface area contributed by atoms with Crippen LogP contribution in [0.4, 0.5) is 0 Å². The molecule has 0 saturated carbocycles. The molecule has 0 bridgehead atoms. The zero-order valence-electron chi connectivity index (χ0n) is 35.4. The van der Waals surface area contributed by atoms with Crippen molar-refractivity contribution >= 4 is 12.6 Å². The van der Waals surface area contributed by atoms with E-state index in [2.05, 4.69) is 51.6 Å². The van der Waals surface area contributed by atoms with Crippen LogP contribution in [0.5, 0.6) is 0 Å². The van der Waals surface area contributed by atoms with Crippen LogP contribution in [0.25, 0.3) is 0 Å². The molecule has 3 aliphatic heterocycles. The van der Waals surface area contributed by atoms with E-state index in [1.165, 1.54) is 6.33 Å². The molecular weight excluding hydrogens is 584 g/mol. The number of nitrogens with zero attached hydrogens (tertiary/aromatic N) is 6. The largest absolute Gasteiger partial charge is 0.375 e. The maximum Gasteiger partial charge on any atom is 0.115 e. The first-order chi connectivity index (χ1) is 23.5. The normalized spacial score (nSPS) is 9.96. The van der Waals surface area contributed by atoms with E-state index in [0.717, 1.165) is 45.8 Å². The van der Waals surface area contributed by atoms with E-state index in [0.29, 0.717) is 0 Å². The first kappa shape index (κ1) is 70.4. The average molecular weight is 673 g/mol. The van der Waals surface area contributed by atoms with Crippen LogP contribution in [0.3, 0.4) is 0 Å². The molecule has 286 valence electrons. The van der Waals surface area contributed by atoms with Gasteiger partial charge in [0, 0.05) is 70.3 Å². The van der Waals surface area contributed by atoms with Gasteiger partial charge in [0.25, 0.3) is 0 Å². The van der Waals surface area contributed by atoms with Gasteiger partial charge in [-0.25, -0.2) is 9.97 Å². The second-order valence-electron chi connectivity index (χ2n) is 4.99. The average Bonchev–Trinajstić information content (AvgIpc) is 4.10. The highest BCUT2D eigenvalue weighted by Crippen LogP contribution is 1.75. The Bertz CT molecular complexity index is 449. The molecule has 3 aliphatic rings. The van der Waals surface area contributed by atoms with Gasteiger partial charge in [-0.1, -0.05) is 138 Å². The Morgan fingerprint density at radius 3 is 1.00 bits per heavy atom. The summed E-state index contributed by atoms with van der Waals surface area (Å²) in [5.74, 6) is 0. The number of hydrazone groups is 1. The van der Waals surface area contributed by atoms with Crippen LogP contribution >= 0.6 is 0 Å². The van der Waals surface area contributed by atoms with Gasteiger partial charge in [0.1, 0.15) is 6.33 Å². The van der Waals surface area contributed by atoms with Crippen LogP contribution in [0.2, 0.25) is 0 Å². The number of hydrogen-bond acceptors (Lipinski definition) is 10. The van der Waals surface area contributed by atoms with Crippen molar-refractivity contribution in [3.63, 3.8) is 0 Å². The Labute approximate surface area is 297 Å². The molecule has 0 amide bonds. The van der Waals surface area contributed by atoms with Crippen molar-refractivity contribution in [3.05, 3.63) is 49.3 Å². The molecule has 5 rings (SSSR count).